The van der Waals surface area contributed by atoms with Gasteiger partial charge in [0.1, 0.15) is 18.1 Å². The van der Waals surface area contributed by atoms with Gasteiger partial charge in [-0.3, -0.25) is 4.68 Å². The minimum absolute atomic E-state index is 0.443. The van der Waals surface area contributed by atoms with Gasteiger partial charge in [0.2, 0.25) is 0 Å². The Morgan fingerprint density at radius 1 is 1.32 bits per heavy atom. The van der Waals surface area contributed by atoms with Gasteiger partial charge in [-0.1, -0.05) is 30.3 Å². The van der Waals surface area contributed by atoms with Crippen molar-refractivity contribution in [2.75, 3.05) is 6.54 Å². The van der Waals surface area contributed by atoms with Crippen molar-refractivity contribution in [3.63, 3.8) is 0 Å². The van der Waals surface area contributed by atoms with Crippen molar-refractivity contribution >= 4 is 0 Å². The lowest BCUT2D eigenvalue weighted by atomic mass is 10.2. The van der Waals surface area contributed by atoms with Gasteiger partial charge in [0.25, 0.3) is 0 Å². The first kappa shape index (κ1) is 13.5. The van der Waals surface area contributed by atoms with Crippen LogP contribution >= 0.6 is 0 Å². The molecule has 0 amide bonds. The maximum atomic E-state index is 5.81. The van der Waals surface area contributed by atoms with Crippen LogP contribution in [0.2, 0.25) is 0 Å². The molecule has 0 radical (unpaired) electrons. The average molecular weight is 260 g/mol. The van der Waals surface area contributed by atoms with Gasteiger partial charge in [0.05, 0.1) is 6.20 Å². The zero-order valence-corrected chi connectivity index (χ0v) is 11.5. The van der Waals surface area contributed by atoms with E-state index in [0.717, 1.165) is 31.0 Å². The van der Waals surface area contributed by atoms with E-state index in [0.29, 0.717) is 6.61 Å². The second kappa shape index (κ2) is 6.89. The Labute approximate surface area is 113 Å². The van der Waals surface area contributed by atoms with Gasteiger partial charge in [-0.15, -0.1) is 5.10 Å². The smallest absolute Gasteiger partial charge is 0.134 e. The van der Waals surface area contributed by atoms with Crippen LogP contribution < -0.4 is 10.1 Å². The molecule has 19 heavy (non-hydrogen) atoms. The summed E-state index contributed by atoms with van der Waals surface area (Å²) in [5, 5.41) is 11.3. The molecule has 0 aliphatic rings. The molecular formula is C14H20N4O. The highest BCUT2D eigenvalue weighted by Gasteiger charge is 2.04. The van der Waals surface area contributed by atoms with Crippen LogP contribution in [0, 0.1) is 0 Å². The molecule has 0 saturated heterocycles. The number of hydrogen-bond donors (Lipinski definition) is 1. The normalized spacial score (nSPS) is 10.6. The topological polar surface area (TPSA) is 52.0 Å². The summed E-state index contributed by atoms with van der Waals surface area (Å²) >= 11 is 0. The molecule has 0 spiro atoms. The zero-order chi connectivity index (χ0) is 13.5. The Bertz CT molecular complexity index is 510. The second-order valence-electron chi connectivity index (χ2n) is 4.46. The molecule has 1 N–H and O–H groups in total. The summed E-state index contributed by atoms with van der Waals surface area (Å²) < 4.78 is 7.49. The predicted molar refractivity (Wildman–Crippen MR) is 73.8 cm³/mol. The largest absolute Gasteiger partial charge is 0.487 e. The third kappa shape index (κ3) is 4.06. The van der Waals surface area contributed by atoms with Gasteiger partial charge in [0.15, 0.2) is 0 Å². The molecule has 1 aromatic carbocycles. The fraction of sp³-hybridized carbons (Fsp3) is 0.429. The molecule has 0 bridgehead atoms. The summed E-state index contributed by atoms with van der Waals surface area (Å²) in [6, 6.07) is 8.07. The standard InChI is InChI=1S/C14H20N4O/c1-3-8-15-9-12-6-4-5-7-14(12)19-11-13-10-18(2)17-16-13/h4-7,10,15H,3,8-9,11H2,1-2H3. The van der Waals surface area contributed by atoms with Crippen LogP contribution in [0.3, 0.4) is 0 Å². The van der Waals surface area contributed by atoms with E-state index >= 15 is 0 Å². The van der Waals surface area contributed by atoms with Gasteiger partial charge in [-0.05, 0) is 19.0 Å². The third-order valence-corrected chi connectivity index (χ3v) is 2.74. The highest BCUT2D eigenvalue weighted by Crippen LogP contribution is 2.18. The average Bonchev–Trinajstić information content (AvgIpc) is 2.84. The van der Waals surface area contributed by atoms with Crippen molar-refractivity contribution in [2.24, 2.45) is 7.05 Å². The Morgan fingerprint density at radius 3 is 2.89 bits per heavy atom. The van der Waals surface area contributed by atoms with Crippen LogP contribution in [-0.2, 0) is 20.2 Å². The van der Waals surface area contributed by atoms with Crippen LogP contribution in [-0.4, -0.2) is 21.5 Å². The number of nitrogens with zero attached hydrogens (tertiary/aromatic N) is 3. The lowest BCUT2D eigenvalue weighted by molar-refractivity contribution is 0.297. The maximum Gasteiger partial charge on any atom is 0.134 e. The fourth-order valence-electron chi connectivity index (χ4n) is 1.80. The van der Waals surface area contributed by atoms with Gasteiger partial charge in [0, 0.05) is 19.2 Å². The van der Waals surface area contributed by atoms with Gasteiger partial charge in [-0.25, -0.2) is 0 Å². The molecule has 0 fully saturated rings. The number of ether oxygens (including phenoxy) is 1. The number of rotatable bonds is 7. The predicted octanol–water partition coefficient (Wildman–Crippen LogP) is 1.89. The monoisotopic (exact) mass is 260 g/mol. The summed E-state index contributed by atoms with van der Waals surface area (Å²) in [4.78, 5) is 0. The Balaban J connectivity index is 1.95. The van der Waals surface area contributed by atoms with Crippen LogP contribution in [0.4, 0.5) is 0 Å². The highest BCUT2D eigenvalue weighted by molar-refractivity contribution is 5.33. The number of nitrogens with one attached hydrogen (secondary N) is 1. The summed E-state index contributed by atoms with van der Waals surface area (Å²) in [7, 11) is 1.85. The summed E-state index contributed by atoms with van der Waals surface area (Å²) in [6.45, 7) is 4.44. The number of aromatic nitrogens is 3. The molecule has 2 aromatic rings. The molecule has 0 aliphatic carbocycles. The van der Waals surface area contributed by atoms with Gasteiger partial charge >= 0.3 is 0 Å². The first-order valence-electron chi connectivity index (χ1n) is 6.56. The molecule has 1 aromatic heterocycles. The molecule has 0 aliphatic heterocycles. The van der Waals surface area contributed by atoms with Crippen LogP contribution in [0.5, 0.6) is 5.75 Å². The molecule has 1 heterocycles. The van der Waals surface area contributed by atoms with E-state index in [1.165, 1.54) is 5.56 Å². The number of hydrogen-bond acceptors (Lipinski definition) is 4. The summed E-state index contributed by atoms with van der Waals surface area (Å²) in [6.07, 6.45) is 2.99. The molecule has 5 nitrogen and oxygen atoms in total. The summed E-state index contributed by atoms with van der Waals surface area (Å²) in [5.74, 6) is 0.900. The number of aryl methyl sites for hydroxylation is 1. The van der Waals surface area contributed by atoms with Crippen LogP contribution in [0.1, 0.15) is 24.6 Å². The van der Waals surface area contributed by atoms with Crippen molar-refractivity contribution in [3.05, 3.63) is 41.7 Å². The molecule has 102 valence electrons. The molecule has 0 atom stereocenters. The molecule has 2 rings (SSSR count). The Kier molecular flexibility index (Phi) is 4.92. The van der Waals surface area contributed by atoms with Crippen molar-refractivity contribution in [3.8, 4) is 5.75 Å². The summed E-state index contributed by atoms with van der Waals surface area (Å²) in [5.41, 5.74) is 2.00. The molecular weight excluding hydrogens is 240 g/mol. The van der Waals surface area contributed by atoms with E-state index in [9.17, 15) is 0 Å². The van der Waals surface area contributed by atoms with E-state index in [1.54, 1.807) is 4.68 Å². The quantitative estimate of drug-likeness (QED) is 0.772. The van der Waals surface area contributed by atoms with Crippen molar-refractivity contribution in [2.45, 2.75) is 26.5 Å². The number of para-hydroxylation sites is 1. The van der Waals surface area contributed by atoms with E-state index in [2.05, 4.69) is 28.6 Å². The first-order valence-corrected chi connectivity index (χ1v) is 6.56. The fourth-order valence-corrected chi connectivity index (χ4v) is 1.80. The second-order valence-corrected chi connectivity index (χ2v) is 4.46. The van der Waals surface area contributed by atoms with E-state index < -0.39 is 0 Å². The molecule has 0 unspecified atom stereocenters. The minimum atomic E-state index is 0.443. The molecule has 5 heteroatoms. The number of benzene rings is 1. The first-order chi connectivity index (χ1) is 9.29. The molecule has 0 saturated carbocycles. The Hall–Kier alpha value is -1.88. The van der Waals surface area contributed by atoms with Crippen molar-refractivity contribution < 1.29 is 4.74 Å². The third-order valence-electron chi connectivity index (χ3n) is 2.74. The Morgan fingerprint density at radius 2 is 2.16 bits per heavy atom. The SMILES string of the molecule is CCCNCc1ccccc1OCc1cn(C)nn1. The van der Waals surface area contributed by atoms with Crippen molar-refractivity contribution in [1.82, 2.24) is 20.3 Å². The van der Waals surface area contributed by atoms with Crippen LogP contribution in [0.25, 0.3) is 0 Å². The highest BCUT2D eigenvalue weighted by atomic mass is 16.5. The minimum Gasteiger partial charge on any atom is -0.487 e. The van der Waals surface area contributed by atoms with Crippen LogP contribution in [0.15, 0.2) is 30.5 Å². The lowest BCUT2D eigenvalue weighted by Gasteiger charge is -2.10. The van der Waals surface area contributed by atoms with E-state index in [1.807, 2.05) is 31.4 Å². The van der Waals surface area contributed by atoms with Gasteiger partial charge in [-0.2, -0.15) is 0 Å². The van der Waals surface area contributed by atoms with E-state index in [-0.39, 0.29) is 0 Å². The maximum absolute atomic E-state index is 5.81. The lowest BCUT2D eigenvalue weighted by Crippen LogP contribution is -2.14. The van der Waals surface area contributed by atoms with E-state index in [4.69, 9.17) is 4.74 Å². The zero-order valence-electron chi connectivity index (χ0n) is 11.5. The van der Waals surface area contributed by atoms with Crippen molar-refractivity contribution in [1.29, 1.82) is 0 Å². The van der Waals surface area contributed by atoms with Gasteiger partial charge < -0.3 is 10.1 Å².